The summed E-state index contributed by atoms with van der Waals surface area (Å²) in [6, 6.07) is 8.69. The minimum Gasteiger partial charge on any atom is -0.494 e. The molecule has 0 radical (unpaired) electrons. The Bertz CT molecular complexity index is 1130. The quantitative estimate of drug-likeness (QED) is 0.388. The number of oxime groups is 1. The molecule has 11 nitrogen and oxygen atoms in total. The van der Waals surface area contributed by atoms with Crippen LogP contribution in [0.4, 0.5) is 11.4 Å². The molecule has 0 saturated carbocycles. The van der Waals surface area contributed by atoms with E-state index in [2.05, 4.69) is 5.16 Å². The molecule has 160 valence electrons. The van der Waals surface area contributed by atoms with Gasteiger partial charge in [0.15, 0.2) is 11.5 Å². The molecule has 0 aliphatic carbocycles. The number of nitrogens with zero attached hydrogens (tertiary/aromatic N) is 3. The van der Waals surface area contributed by atoms with Crippen LogP contribution in [0.3, 0.4) is 0 Å². The Balaban J connectivity index is 1.75. The van der Waals surface area contributed by atoms with Gasteiger partial charge in [-0.05, 0) is 18.2 Å². The summed E-state index contributed by atoms with van der Waals surface area (Å²) in [6.07, 6.45) is -1.17. The molecule has 0 bridgehead atoms. The van der Waals surface area contributed by atoms with Crippen molar-refractivity contribution in [2.75, 3.05) is 26.2 Å². The largest absolute Gasteiger partial charge is 0.494 e. The number of imide groups is 1. The molecule has 0 unspecified atom stereocenters. The zero-order valence-corrected chi connectivity index (χ0v) is 16.7. The van der Waals surface area contributed by atoms with Crippen molar-refractivity contribution < 1.29 is 33.6 Å². The average molecular weight is 427 g/mol. The summed E-state index contributed by atoms with van der Waals surface area (Å²) in [5.74, 6) is -1.48. The number of non-ortho nitro benzene ring substituents is 1. The molecule has 11 heteroatoms. The van der Waals surface area contributed by atoms with Crippen molar-refractivity contribution in [1.29, 1.82) is 0 Å². The number of carbonyl (C=O) groups is 2. The number of nitro benzene ring substituents is 1. The Kier molecular flexibility index (Phi) is 4.93. The highest BCUT2D eigenvalue weighted by molar-refractivity contribution is 6.33. The summed E-state index contributed by atoms with van der Waals surface area (Å²) in [4.78, 5) is 43.0. The molecular weight excluding hydrogens is 410 g/mol. The van der Waals surface area contributed by atoms with Crippen LogP contribution in [0.2, 0.25) is 0 Å². The standard InChI is InChI=1S/C20H17N3O8/c1-28-13-6-4-5-11(17(13)30-3)16-15-18(31-21-16)20(25)22(19(15)24)12-8-7-10(23(26)27)9-14(12)29-2/h4-9,15,18H,1-3H3/t15-,18-/m0/s1. The smallest absolute Gasteiger partial charge is 0.279 e. The van der Waals surface area contributed by atoms with Gasteiger partial charge in [0.1, 0.15) is 17.4 Å². The van der Waals surface area contributed by atoms with Crippen molar-refractivity contribution in [3.8, 4) is 17.2 Å². The van der Waals surface area contributed by atoms with Gasteiger partial charge in [0.25, 0.3) is 11.6 Å². The fraction of sp³-hybridized carbons (Fsp3) is 0.250. The van der Waals surface area contributed by atoms with Gasteiger partial charge >= 0.3 is 0 Å². The first-order valence-electron chi connectivity index (χ1n) is 9.08. The van der Waals surface area contributed by atoms with E-state index in [0.717, 1.165) is 11.0 Å². The third kappa shape index (κ3) is 3.01. The first kappa shape index (κ1) is 20.1. The van der Waals surface area contributed by atoms with Crippen molar-refractivity contribution in [2.45, 2.75) is 6.10 Å². The molecule has 2 heterocycles. The first-order valence-corrected chi connectivity index (χ1v) is 9.08. The van der Waals surface area contributed by atoms with Gasteiger partial charge in [-0.1, -0.05) is 11.2 Å². The molecule has 2 aromatic carbocycles. The van der Waals surface area contributed by atoms with Gasteiger partial charge in [0, 0.05) is 11.6 Å². The normalized spacial score (nSPS) is 19.6. The van der Waals surface area contributed by atoms with Gasteiger partial charge in [0.05, 0.1) is 38.0 Å². The van der Waals surface area contributed by atoms with Crippen LogP contribution in [0, 0.1) is 16.0 Å². The third-order valence-corrected chi connectivity index (χ3v) is 5.11. The molecule has 0 N–H and O–H groups in total. The van der Waals surface area contributed by atoms with Gasteiger partial charge in [-0.2, -0.15) is 0 Å². The van der Waals surface area contributed by atoms with Crippen molar-refractivity contribution >= 4 is 28.9 Å². The van der Waals surface area contributed by atoms with Crippen LogP contribution < -0.4 is 19.1 Å². The van der Waals surface area contributed by atoms with Crippen molar-refractivity contribution in [1.82, 2.24) is 0 Å². The lowest BCUT2D eigenvalue weighted by molar-refractivity contribution is -0.384. The van der Waals surface area contributed by atoms with Gasteiger partial charge in [-0.15, -0.1) is 0 Å². The number of anilines is 1. The second-order valence-corrected chi connectivity index (χ2v) is 6.65. The lowest BCUT2D eigenvalue weighted by atomic mass is 9.93. The SMILES string of the molecule is COc1cc([N+](=O)[O-])ccc1N1C(=O)[C@H]2C(c3cccc(OC)c3OC)=NO[C@@H]2C1=O. The fourth-order valence-electron chi connectivity index (χ4n) is 3.69. The summed E-state index contributed by atoms with van der Waals surface area (Å²) in [5.41, 5.74) is 0.521. The Morgan fingerprint density at radius 3 is 2.42 bits per heavy atom. The van der Waals surface area contributed by atoms with Gasteiger partial charge in [0.2, 0.25) is 12.0 Å². The highest BCUT2D eigenvalue weighted by atomic mass is 16.7. The predicted octanol–water partition coefficient (Wildman–Crippen LogP) is 1.91. The molecule has 2 aromatic rings. The maximum atomic E-state index is 13.3. The number of carbonyl (C=O) groups excluding carboxylic acids is 2. The second kappa shape index (κ2) is 7.59. The number of benzene rings is 2. The molecule has 1 fully saturated rings. The van der Waals surface area contributed by atoms with Crippen LogP contribution in [-0.4, -0.2) is 49.9 Å². The Labute approximate surface area is 175 Å². The molecule has 2 aliphatic heterocycles. The number of rotatable bonds is 6. The maximum absolute atomic E-state index is 13.3. The van der Waals surface area contributed by atoms with E-state index in [1.165, 1.54) is 33.5 Å². The number of hydrogen-bond donors (Lipinski definition) is 0. The third-order valence-electron chi connectivity index (χ3n) is 5.11. The molecule has 2 amide bonds. The van der Waals surface area contributed by atoms with E-state index in [4.69, 9.17) is 19.0 Å². The number of amides is 2. The Morgan fingerprint density at radius 1 is 1.03 bits per heavy atom. The van der Waals surface area contributed by atoms with Gasteiger partial charge in [-0.3, -0.25) is 19.7 Å². The number of methoxy groups -OCH3 is 3. The van der Waals surface area contributed by atoms with E-state index in [1.807, 2.05) is 0 Å². The van der Waals surface area contributed by atoms with Crippen LogP contribution >= 0.6 is 0 Å². The van der Waals surface area contributed by atoms with E-state index in [0.29, 0.717) is 17.1 Å². The van der Waals surface area contributed by atoms with E-state index < -0.39 is 28.8 Å². The van der Waals surface area contributed by atoms with E-state index in [-0.39, 0.29) is 22.8 Å². The van der Waals surface area contributed by atoms with Crippen LogP contribution in [0.5, 0.6) is 17.2 Å². The average Bonchev–Trinajstić information content (AvgIpc) is 3.32. The summed E-state index contributed by atoms with van der Waals surface area (Å²) in [6.45, 7) is 0. The van der Waals surface area contributed by atoms with E-state index in [9.17, 15) is 19.7 Å². The summed E-state index contributed by atoms with van der Waals surface area (Å²) < 4.78 is 15.9. The Morgan fingerprint density at radius 2 is 1.77 bits per heavy atom. The van der Waals surface area contributed by atoms with Crippen molar-refractivity contribution in [3.63, 3.8) is 0 Å². The molecule has 0 aromatic heterocycles. The number of para-hydroxylation sites is 1. The second-order valence-electron chi connectivity index (χ2n) is 6.65. The fourth-order valence-corrected chi connectivity index (χ4v) is 3.69. The van der Waals surface area contributed by atoms with Crippen LogP contribution in [0.1, 0.15) is 5.56 Å². The minimum absolute atomic E-state index is 0.00771. The molecule has 2 atom stereocenters. The van der Waals surface area contributed by atoms with Crippen LogP contribution in [0.15, 0.2) is 41.6 Å². The number of hydrogen-bond acceptors (Lipinski definition) is 9. The first-order chi connectivity index (χ1) is 14.9. The molecule has 2 aliphatic rings. The topological polar surface area (TPSA) is 130 Å². The summed E-state index contributed by atoms with van der Waals surface area (Å²) >= 11 is 0. The zero-order chi connectivity index (χ0) is 22.3. The number of ether oxygens (including phenoxy) is 3. The number of fused-ring (bicyclic) bond motifs is 1. The summed E-state index contributed by atoms with van der Waals surface area (Å²) in [7, 11) is 4.22. The summed E-state index contributed by atoms with van der Waals surface area (Å²) in [5, 5.41) is 15.0. The molecule has 4 rings (SSSR count). The lowest BCUT2D eigenvalue weighted by Crippen LogP contribution is -2.33. The van der Waals surface area contributed by atoms with Crippen molar-refractivity contribution in [2.24, 2.45) is 11.1 Å². The van der Waals surface area contributed by atoms with Gasteiger partial charge < -0.3 is 19.0 Å². The maximum Gasteiger partial charge on any atom is 0.279 e. The number of nitro groups is 1. The van der Waals surface area contributed by atoms with E-state index in [1.54, 1.807) is 18.2 Å². The van der Waals surface area contributed by atoms with Crippen molar-refractivity contribution in [3.05, 3.63) is 52.1 Å². The molecular formula is C20H17N3O8. The minimum atomic E-state index is -1.17. The highest BCUT2D eigenvalue weighted by Crippen LogP contribution is 2.42. The monoisotopic (exact) mass is 427 g/mol. The van der Waals surface area contributed by atoms with Gasteiger partial charge in [-0.25, -0.2) is 4.90 Å². The zero-order valence-electron chi connectivity index (χ0n) is 16.7. The van der Waals surface area contributed by atoms with Crippen LogP contribution in [0.25, 0.3) is 0 Å². The van der Waals surface area contributed by atoms with Crippen LogP contribution in [-0.2, 0) is 14.4 Å². The predicted molar refractivity (Wildman–Crippen MR) is 107 cm³/mol. The Hall–Kier alpha value is -4.15. The highest BCUT2D eigenvalue weighted by Gasteiger charge is 2.57. The molecule has 31 heavy (non-hydrogen) atoms. The lowest BCUT2D eigenvalue weighted by Gasteiger charge is -2.18. The van der Waals surface area contributed by atoms with E-state index >= 15 is 0 Å². The molecule has 0 spiro atoms. The molecule has 1 saturated heterocycles.